The van der Waals surface area contributed by atoms with E-state index in [4.69, 9.17) is 45.9 Å². The van der Waals surface area contributed by atoms with Crippen LogP contribution < -0.4 is 115 Å². The Hall–Kier alpha value is -13.3. The van der Waals surface area contributed by atoms with Crippen LogP contribution in [0.15, 0.2) is 17.5 Å². The van der Waals surface area contributed by atoms with Gasteiger partial charge in [-0.05, 0) is 109 Å². The molecule has 14 atom stereocenters. The summed E-state index contributed by atoms with van der Waals surface area (Å²) in [5.74, 6) is -25.5. The lowest BCUT2D eigenvalue weighted by Gasteiger charge is -2.31. The molecule has 124 heavy (non-hydrogen) atoms. The minimum absolute atomic E-state index is 0.0162. The van der Waals surface area contributed by atoms with Gasteiger partial charge in [0.2, 0.25) is 112 Å². The number of H-pyrrole nitrogens is 1. The summed E-state index contributed by atoms with van der Waals surface area (Å²) in [5, 5.41) is 68.9. The lowest BCUT2D eigenvalue weighted by atomic mass is 10.0. The Balaban J connectivity index is 1.88. The van der Waals surface area contributed by atoms with E-state index in [1.165, 1.54) is 24.3 Å². The van der Waals surface area contributed by atoms with E-state index in [9.17, 15) is 126 Å². The van der Waals surface area contributed by atoms with Crippen LogP contribution in [0.4, 0.5) is 0 Å². The largest absolute Gasteiger partial charge is 0.481 e. The molecule has 2 aliphatic heterocycles. The number of aliphatic hydroxyl groups is 1. The smallest absolute Gasteiger partial charge is 0.326 e. The molecule has 52 nitrogen and oxygen atoms in total. The van der Waals surface area contributed by atoms with E-state index in [1.54, 1.807) is 13.8 Å². The molecule has 3 heterocycles. The number of unbranched alkanes of at least 4 members (excludes halogenated alkanes) is 1. The summed E-state index contributed by atoms with van der Waals surface area (Å²) >= 11 is 0. The lowest BCUT2D eigenvalue weighted by Crippen LogP contribution is -2.60. The number of guanidine groups is 1. The fourth-order valence-corrected chi connectivity index (χ4v) is 12.9. The minimum Gasteiger partial charge on any atom is -0.481 e. The maximum Gasteiger partial charge on any atom is 0.326 e. The zero-order chi connectivity index (χ0) is 93.2. The Morgan fingerprint density at radius 3 is 1.36 bits per heavy atom. The second-order valence-electron chi connectivity index (χ2n) is 29.7. The zero-order valence-electron chi connectivity index (χ0n) is 68.8. The van der Waals surface area contributed by atoms with Crippen LogP contribution >= 0.6 is 0 Å². The first-order valence-electron chi connectivity index (χ1n) is 39.7. The first-order valence-corrected chi connectivity index (χ1v) is 39.7. The van der Waals surface area contributed by atoms with Crippen LogP contribution in [0.25, 0.3) is 0 Å². The van der Waals surface area contributed by atoms with Gasteiger partial charge in [-0.25, -0.2) is 9.78 Å². The summed E-state index contributed by atoms with van der Waals surface area (Å²) in [6.45, 7) is 2.18. The predicted octanol–water partition coefficient (Wildman–Crippen LogP) is -12.8. The number of nitrogens with two attached hydrogens (primary N) is 8. The number of aromatic nitrogens is 2. The second-order valence-corrected chi connectivity index (χ2v) is 29.7. The van der Waals surface area contributed by atoms with Gasteiger partial charge in [0, 0.05) is 57.9 Å². The van der Waals surface area contributed by atoms with Gasteiger partial charge in [-0.3, -0.25) is 106 Å². The molecule has 0 unspecified atom stereocenters. The third kappa shape index (κ3) is 37.8. The van der Waals surface area contributed by atoms with Crippen molar-refractivity contribution in [1.29, 1.82) is 0 Å². The normalized spacial score (nSPS) is 16.3. The topological polar surface area (TPSA) is 869 Å². The molecule has 0 aromatic carbocycles. The SMILES string of the molecule is CC(C)C[C@H](NC(=O)[C@H](CO)NC(=O)CN)C(=O)N1CCC[C@H]1C(=O)N[C@@H](CCC(N)=O)C(=O)N[C@@H](CCCCN)C(=O)N[C@@H](C)C(=O)N[C@@H](CCC(N)=O)C(=O)NCC(=O)N[C@@H](Cc1c[nH]cn1)C(=O)N[C@@H](CCCN=C(N)N)C(=O)N1CCC[C@H]1C(=O)N[C@@H](CCC(N)=O)C(=O)N[C@@H](CC(=O)O)C(=O)N[C@@H](CCC(=O)O)C(=O)N[C@@H](CC(N)=O)C(=O)O. The van der Waals surface area contributed by atoms with E-state index in [1.807, 2.05) is 10.6 Å². The fourth-order valence-electron chi connectivity index (χ4n) is 12.9. The number of carbonyl (C=O) groups is 22. The first-order chi connectivity index (χ1) is 58.4. The maximum atomic E-state index is 14.9. The van der Waals surface area contributed by atoms with Gasteiger partial charge >= 0.3 is 17.9 Å². The molecule has 34 N–H and O–H groups in total. The monoisotopic (exact) mass is 1760 g/mol. The van der Waals surface area contributed by atoms with E-state index in [0.717, 1.165) is 4.90 Å². The van der Waals surface area contributed by atoms with Crippen molar-refractivity contribution in [2.75, 3.05) is 45.9 Å². The van der Waals surface area contributed by atoms with Crippen LogP contribution in [0.5, 0.6) is 0 Å². The van der Waals surface area contributed by atoms with Gasteiger partial charge in [-0.15, -0.1) is 0 Å². The number of aliphatic carboxylic acids is 3. The number of aromatic amines is 1. The number of hydrogen-bond donors (Lipinski definition) is 26. The van der Waals surface area contributed by atoms with Crippen molar-refractivity contribution in [3.8, 4) is 0 Å². The van der Waals surface area contributed by atoms with Crippen LogP contribution in [0.3, 0.4) is 0 Å². The standard InChI is InChI=1S/C72H116N26O26/c1-34(2)25-45(95-66(118)47(32-99)87-54(104)29-74)70(122)98-24-8-12-49(98)68(120)91-39(14-18-51(76)101)61(113)89-37(9-4-5-21-73)60(112)85-35(3)58(110)88-38(13-17-50(75)100)59(111)83-31-55(105)86-43(26-36-30-81-33-84-36)64(116)93-42(10-6-22-82-72(79)80)69(121)97-23-7-11-48(97)67(119)92-40(15-19-52(77)102)62(114)94-44(28-57(108)109)65(117)90-41(16-20-56(106)107)63(115)96-46(71(123)124)27-53(78)103/h30,33-35,37-49,99H,4-29,31-32,73-74H2,1-3H3,(H2,75,100)(H2,76,101)(H2,77,102)(H2,78,103)(H,81,84)(H,83,111)(H,85,112)(H,86,105)(H,87,104)(H,88,110)(H,89,113)(H,90,117)(H,91,120)(H,92,119)(H,93,116)(H,94,114)(H,95,118)(H,96,115)(H,106,107)(H,108,109)(H,123,124)(H4,79,80,82)/t35-,37-,38-,39-,40-,41-,42-,43-,44-,45-,46-,47-,48-,49-/m0/s1. The highest BCUT2D eigenvalue weighted by Gasteiger charge is 2.44. The molecule has 0 saturated carbocycles. The van der Waals surface area contributed by atoms with Crippen molar-refractivity contribution in [1.82, 2.24) is 88.9 Å². The highest BCUT2D eigenvalue weighted by molar-refractivity contribution is 6.02. The van der Waals surface area contributed by atoms with Gasteiger partial charge in [-0.1, -0.05) is 13.8 Å². The molecule has 2 aliphatic rings. The number of hydrogen-bond acceptors (Lipinski definition) is 27. The van der Waals surface area contributed by atoms with Crippen LogP contribution in [-0.2, 0) is 112 Å². The fraction of sp³-hybridized carbons (Fsp3) is 0.639. The van der Waals surface area contributed by atoms with Crippen molar-refractivity contribution in [2.24, 2.45) is 56.8 Å². The number of carbonyl (C=O) groups excluding carboxylic acids is 19. The number of primary amides is 4. The van der Waals surface area contributed by atoms with Crippen LogP contribution in [0, 0.1) is 5.92 Å². The molecule has 1 aromatic rings. The Kier molecular flexibility index (Phi) is 45.2. The minimum atomic E-state index is -2.17. The summed E-state index contributed by atoms with van der Waals surface area (Å²) < 4.78 is 0. The van der Waals surface area contributed by atoms with Crippen molar-refractivity contribution >= 4 is 136 Å². The lowest BCUT2D eigenvalue weighted by molar-refractivity contribution is -0.144. The molecule has 0 bridgehead atoms. The van der Waals surface area contributed by atoms with Crippen LogP contribution in [0.2, 0.25) is 0 Å². The van der Waals surface area contributed by atoms with Gasteiger partial charge in [0.25, 0.3) is 0 Å². The Labute approximate surface area is 709 Å². The van der Waals surface area contributed by atoms with Crippen molar-refractivity contribution in [3.63, 3.8) is 0 Å². The number of nitrogens with zero attached hydrogens (tertiary/aromatic N) is 4. The first kappa shape index (κ1) is 105. The van der Waals surface area contributed by atoms with Gasteiger partial charge in [0.05, 0.1) is 44.6 Å². The molecule has 690 valence electrons. The summed E-state index contributed by atoms with van der Waals surface area (Å²) in [4.78, 5) is 305. The van der Waals surface area contributed by atoms with Gasteiger partial charge < -0.3 is 150 Å². The third-order valence-electron chi connectivity index (χ3n) is 19.2. The van der Waals surface area contributed by atoms with E-state index < -0.39 is 305 Å². The number of aliphatic hydroxyl groups excluding tert-OH is 1. The Morgan fingerprint density at radius 1 is 0.460 bits per heavy atom. The number of imidazole rings is 1. The summed E-state index contributed by atoms with van der Waals surface area (Å²) in [5.41, 5.74) is 43.7. The Morgan fingerprint density at radius 2 is 0.895 bits per heavy atom. The molecule has 52 heteroatoms. The van der Waals surface area contributed by atoms with Crippen molar-refractivity contribution < 1.29 is 126 Å². The molecule has 0 aliphatic carbocycles. The number of rotatable bonds is 58. The highest BCUT2D eigenvalue weighted by atomic mass is 16.4. The molecule has 0 radical (unpaired) electrons. The van der Waals surface area contributed by atoms with E-state index >= 15 is 0 Å². The number of aliphatic imine (C=N–C) groups is 1. The number of carboxylic acids is 3. The van der Waals surface area contributed by atoms with E-state index in [2.05, 4.69) is 73.4 Å². The molecular weight excluding hydrogens is 1640 g/mol. The Bertz CT molecular complexity index is 4000. The third-order valence-corrected chi connectivity index (χ3v) is 19.2. The number of likely N-dealkylation sites (tertiary alicyclic amines) is 2. The van der Waals surface area contributed by atoms with Gasteiger partial charge in [0.1, 0.15) is 84.6 Å². The van der Waals surface area contributed by atoms with Crippen LogP contribution in [0.1, 0.15) is 155 Å². The quantitative estimate of drug-likeness (QED) is 0.0164. The molecule has 2 fully saturated rings. The maximum absolute atomic E-state index is 14.9. The summed E-state index contributed by atoms with van der Waals surface area (Å²) in [7, 11) is 0. The number of nitrogens with one attached hydrogen (secondary N) is 14. The number of carboxylic acid groups (broad SMARTS) is 3. The molecule has 3 rings (SSSR count). The number of amides is 19. The zero-order valence-corrected chi connectivity index (χ0v) is 68.8. The van der Waals surface area contributed by atoms with Gasteiger partial charge in [0.15, 0.2) is 5.96 Å². The van der Waals surface area contributed by atoms with E-state index in [-0.39, 0.29) is 102 Å². The van der Waals surface area contributed by atoms with Crippen molar-refractivity contribution in [3.05, 3.63) is 18.2 Å². The summed E-state index contributed by atoms with van der Waals surface area (Å²) in [6, 6.07) is -23.1. The molecule has 0 spiro atoms. The average molecular weight is 1760 g/mol. The summed E-state index contributed by atoms with van der Waals surface area (Å²) in [6.07, 6.45) is -4.48. The molecule has 2 saturated heterocycles. The highest BCUT2D eigenvalue weighted by Crippen LogP contribution is 2.24. The second kappa shape index (κ2) is 53.5. The molecule has 1 aromatic heterocycles. The van der Waals surface area contributed by atoms with Gasteiger partial charge in [-0.2, -0.15) is 0 Å². The van der Waals surface area contributed by atoms with Crippen molar-refractivity contribution in [2.45, 2.75) is 240 Å². The van der Waals surface area contributed by atoms with E-state index in [0.29, 0.717) is 6.42 Å². The predicted molar refractivity (Wildman–Crippen MR) is 428 cm³/mol. The molecular formula is C72H116N26O26. The molecule has 19 amide bonds. The average Bonchev–Trinajstić information content (AvgIpc) is 1.65. The van der Waals surface area contributed by atoms with Crippen LogP contribution in [-0.4, -0.2) is 307 Å².